The number of hydrogen-bond donors (Lipinski definition) is 3. The summed E-state index contributed by atoms with van der Waals surface area (Å²) in [5.74, 6) is 1.33. The lowest BCUT2D eigenvalue weighted by atomic mass is 9.75. The van der Waals surface area contributed by atoms with Crippen LogP contribution in [0.3, 0.4) is 0 Å². The molecule has 1 aromatic carbocycles. The molecule has 32 heavy (non-hydrogen) atoms. The third-order valence-corrected chi connectivity index (χ3v) is 7.35. The van der Waals surface area contributed by atoms with E-state index in [-0.39, 0.29) is 11.9 Å². The van der Waals surface area contributed by atoms with E-state index in [1.807, 2.05) is 18.2 Å². The number of nitrogens with one attached hydrogen (secondary N) is 2. The van der Waals surface area contributed by atoms with Crippen molar-refractivity contribution in [2.24, 2.45) is 17.8 Å². The van der Waals surface area contributed by atoms with Gasteiger partial charge in [0, 0.05) is 29.9 Å². The van der Waals surface area contributed by atoms with Crippen LogP contribution in [0.15, 0.2) is 48.7 Å². The molecule has 3 aliphatic rings. The van der Waals surface area contributed by atoms with Gasteiger partial charge in [-0.3, -0.25) is 4.98 Å². The Morgan fingerprint density at radius 2 is 1.91 bits per heavy atom. The quantitative estimate of drug-likeness (QED) is 0.591. The van der Waals surface area contributed by atoms with E-state index in [2.05, 4.69) is 27.8 Å². The van der Waals surface area contributed by atoms with E-state index in [0.717, 1.165) is 42.5 Å². The summed E-state index contributed by atoms with van der Waals surface area (Å²) in [6.07, 6.45) is 11.9. The highest BCUT2D eigenvalue weighted by atomic mass is 19.1. The van der Waals surface area contributed by atoms with Gasteiger partial charge in [-0.2, -0.15) is 0 Å². The van der Waals surface area contributed by atoms with Gasteiger partial charge in [0.1, 0.15) is 5.82 Å². The van der Waals surface area contributed by atoms with Gasteiger partial charge in [-0.25, -0.2) is 9.18 Å². The molecule has 168 valence electrons. The minimum Gasteiger partial charge on any atom is -0.465 e. The molecule has 0 bridgehead atoms. The summed E-state index contributed by atoms with van der Waals surface area (Å²) in [5, 5.41) is 15.6. The molecule has 0 saturated heterocycles. The molecule has 1 heterocycles. The smallest absolute Gasteiger partial charge is 0.404 e. The van der Waals surface area contributed by atoms with Gasteiger partial charge in [0.15, 0.2) is 0 Å². The van der Waals surface area contributed by atoms with Crippen molar-refractivity contribution in [3.63, 3.8) is 0 Å². The van der Waals surface area contributed by atoms with Crippen molar-refractivity contribution >= 4 is 12.2 Å². The molecule has 1 aromatic heterocycles. The first-order chi connectivity index (χ1) is 15.5. The molecule has 6 heteroatoms. The Labute approximate surface area is 188 Å². The molecule has 2 aromatic rings. The lowest BCUT2D eigenvalue weighted by Gasteiger charge is -2.33. The molecule has 0 radical (unpaired) electrons. The zero-order chi connectivity index (χ0) is 22.1. The summed E-state index contributed by atoms with van der Waals surface area (Å²) in [4.78, 5) is 15.7. The lowest BCUT2D eigenvalue weighted by molar-refractivity contribution is 0.168. The highest BCUT2D eigenvalue weighted by Gasteiger charge is 2.46. The first-order valence-corrected chi connectivity index (χ1v) is 11.7. The third kappa shape index (κ3) is 4.85. The van der Waals surface area contributed by atoms with Crippen molar-refractivity contribution in [1.82, 2.24) is 15.6 Å². The molecule has 1 unspecified atom stereocenters. The van der Waals surface area contributed by atoms with E-state index in [0.29, 0.717) is 29.8 Å². The number of fused-ring (bicyclic) bond motifs is 1. The van der Waals surface area contributed by atoms with Gasteiger partial charge in [0.05, 0.1) is 5.69 Å². The number of amides is 1. The van der Waals surface area contributed by atoms with Crippen LogP contribution in [0.2, 0.25) is 0 Å². The zero-order valence-corrected chi connectivity index (χ0v) is 18.1. The Balaban J connectivity index is 1.29. The van der Waals surface area contributed by atoms with Crippen LogP contribution in [0.25, 0.3) is 17.2 Å². The fraction of sp³-hybridized carbons (Fsp3) is 0.462. The molecule has 3 aliphatic carbocycles. The number of carbonyl (C=O) groups is 1. The summed E-state index contributed by atoms with van der Waals surface area (Å²) in [6.45, 7) is 0. The normalized spacial score (nSPS) is 29.7. The second kappa shape index (κ2) is 9.02. The van der Waals surface area contributed by atoms with Gasteiger partial charge < -0.3 is 15.7 Å². The number of halogens is 1. The Hall–Kier alpha value is -2.73. The molecule has 3 fully saturated rings. The maximum absolute atomic E-state index is 13.5. The second-order valence-electron chi connectivity index (χ2n) is 9.59. The van der Waals surface area contributed by atoms with Crippen LogP contribution < -0.4 is 10.6 Å². The van der Waals surface area contributed by atoms with Crippen molar-refractivity contribution in [2.45, 2.75) is 56.7 Å². The molecule has 1 amide bonds. The average molecular weight is 436 g/mol. The molecule has 3 N–H and O–H groups in total. The van der Waals surface area contributed by atoms with Crippen LogP contribution in [-0.4, -0.2) is 34.3 Å². The van der Waals surface area contributed by atoms with Crippen LogP contribution in [0.1, 0.15) is 44.2 Å². The second-order valence-corrected chi connectivity index (χ2v) is 9.59. The van der Waals surface area contributed by atoms with Gasteiger partial charge >= 0.3 is 6.09 Å². The van der Waals surface area contributed by atoms with Gasteiger partial charge in [-0.15, -0.1) is 0 Å². The van der Waals surface area contributed by atoms with E-state index in [1.165, 1.54) is 25.0 Å². The first-order valence-electron chi connectivity index (χ1n) is 11.7. The summed E-state index contributed by atoms with van der Waals surface area (Å²) < 4.78 is 13.5. The van der Waals surface area contributed by atoms with E-state index in [9.17, 15) is 9.18 Å². The first kappa shape index (κ1) is 21.1. The maximum Gasteiger partial charge on any atom is 0.404 e. The lowest BCUT2D eigenvalue weighted by Crippen LogP contribution is -2.39. The third-order valence-electron chi connectivity index (χ3n) is 7.35. The van der Waals surface area contributed by atoms with Gasteiger partial charge in [0.25, 0.3) is 0 Å². The highest BCUT2D eigenvalue weighted by molar-refractivity contribution is 5.65. The van der Waals surface area contributed by atoms with Crippen LogP contribution >= 0.6 is 0 Å². The van der Waals surface area contributed by atoms with E-state index in [4.69, 9.17) is 5.11 Å². The van der Waals surface area contributed by atoms with Crippen LogP contribution in [0.5, 0.6) is 0 Å². The minimum absolute atomic E-state index is 0.0788. The number of nitrogens with zero attached hydrogens (tertiary/aromatic N) is 1. The zero-order valence-electron chi connectivity index (χ0n) is 18.1. The molecule has 5 atom stereocenters. The Bertz CT molecular complexity index is 989. The van der Waals surface area contributed by atoms with Crippen molar-refractivity contribution < 1.29 is 14.3 Å². The number of aromatic nitrogens is 1. The number of hydrogen-bond acceptors (Lipinski definition) is 3. The fourth-order valence-corrected chi connectivity index (χ4v) is 5.71. The van der Waals surface area contributed by atoms with Gasteiger partial charge in [-0.05, 0) is 86.1 Å². The number of pyridine rings is 1. The Morgan fingerprint density at radius 3 is 2.62 bits per heavy atom. The summed E-state index contributed by atoms with van der Waals surface area (Å²) >= 11 is 0. The molecule has 3 saturated carbocycles. The summed E-state index contributed by atoms with van der Waals surface area (Å²) in [5.41, 5.74) is 2.63. The highest BCUT2D eigenvalue weighted by Crippen LogP contribution is 2.47. The molecule has 0 spiro atoms. The van der Waals surface area contributed by atoms with E-state index < -0.39 is 6.09 Å². The number of carboxylic acid groups (broad SMARTS) is 1. The summed E-state index contributed by atoms with van der Waals surface area (Å²) in [6, 6.07) is 11.7. The number of benzene rings is 1. The van der Waals surface area contributed by atoms with Crippen LogP contribution in [0, 0.1) is 23.6 Å². The largest absolute Gasteiger partial charge is 0.465 e. The fourth-order valence-electron chi connectivity index (χ4n) is 5.71. The predicted octanol–water partition coefficient (Wildman–Crippen LogP) is 5.09. The predicted molar refractivity (Wildman–Crippen MR) is 122 cm³/mol. The van der Waals surface area contributed by atoms with Crippen molar-refractivity contribution in [2.75, 3.05) is 0 Å². The van der Waals surface area contributed by atoms with Gasteiger partial charge in [0.2, 0.25) is 0 Å². The standard InChI is InChI=1S/C26H30FN3O2/c27-19-3-1-2-16(12-19)17-4-5-20(28-15-17)8-11-24-23-10-9-22(30-26(31)32)13-18(23)14-25(24)29-21-6-7-21/h1-5,8,11-12,15,18,21-25,29-30H,6-7,9-10,13-14H2,(H,31,32)/b11-8+/t18-,22?,23-,24+,25-/m1/s1. The molecular weight excluding hydrogens is 405 g/mol. The number of rotatable bonds is 6. The molecule has 0 aliphatic heterocycles. The maximum atomic E-state index is 13.5. The molecule has 5 nitrogen and oxygen atoms in total. The minimum atomic E-state index is -0.914. The molecular formula is C26H30FN3O2. The monoisotopic (exact) mass is 435 g/mol. The van der Waals surface area contributed by atoms with Crippen molar-refractivity contribution in [1.29, 1.82) is 0 Å². The Kier molecular flexibility index (Phi) is 5.96. The average Bonchev–Trinajstić information content (AvgIpc) is 3.52. The van der Waals surface area contributed by atoms with Crippen LogP contribution in [0.4, 0.5) is 9.18 Å². The topological polar surface area (TPSA) is 74.2 Å². The SMILES string of the molecule is O=C(O)NC1CC[C@@H]2[C@H](C1)C[C@@H](NC1CC1)[C@H]2/C=C/c1ccc(-c2cccc(F)c2)cn1. The van der Waals surface area contributed by atoms with Crippen molar-refractivity contribution in [3.8, 4) is 11.1 Å². The van der Waals surface area contributed by atoms with E-state index in [1.54, 1.807) is 12.3 Å². The Morgan fingerprint density at radius 1 is 1.06 bits per heavy atom. The summed E-state index contributed by atoms with van der Waals surface area (Å²) in [7, 11) is 0. The van der Waals surface area contributed by atoms with E-state index >= 15 is 0 Å². The van der Waals surface area contributed by atoms with Gasteiger partial charge in [-0.1, -0.05) is 24.3 Å². The molecule has 5 rings (SSSR count). The van der Waals surface area contributed by atoms with Crippen molar-refractivity contribution in [3.05, 3.63) is 60.2 Å². The van der Waals surface area contributed by atoms with Crippen LogP contribution in [-0.2, 0) is 0 Å².